The molecule has 1 amide bonds. The van der Waals surface area contributed by atoms with Gasteiger partial charge in [0.1, 0.15) is 18.1 Å². The Kier molecular flexibility index (Phi) is 5.41. The van der Waals surface area contributed by atoms with E-state index in [1.54, 1.807) is 18.0 Å². The van der Waals surface area contributed by atoms with Gasteiger partial charge in [0, 0.05) is 18.1 Å². The third kappa shape index (κ3) is 4.11. The summed E-state index contributed by atoms with van der Waals surface area (Å²) in [6.07, 6.45) is 0. The molecule has 1 N–H and O–H groups in total. The van der Waals surface area contributed by atoms with Crippen molar-refractivity contribution >= 4 is 33.1 Å². The predicted molar refractivity (Wildman–Crippen MR) is 133 cm³/mol. The van der Waals surface area contributed by atoms with Gasteiger partial charge in [-0.3, -0.25) is 4.79 Å². The Hall–Kier alpha value is -4.31. The Labute approximate surface area is 192 Å². The van der Waals surface area contributed by atoms with Crippen LogP contribution in [0.2, 0.25) is 0 Å². The molecule has 0 radical (unpaired) electrons. The van der Waals surface area contributed by atoms with Gasteiger partial charge in [0.2, 0.25) is 0 Å². The molecular weight excluding hydrogens is 410 g/mol. The van der Waals surface area contributed by atoms with Gasteiger partial charge < -0.3 is 14.7 Å². The number of aromatic hydroxyl groups is 1. The lowest BCUT2D eigenvalue weighted by atomic mass is 10.0. The Bertz CT molecular complexity index is 1460. The number of phenolic OH excluding ortho intramolecular Hbond substituents is 1. The molecule has 0 fully saturated rings. The van der Waals surface area contributed by atoms with E-state index in [4.69, 9.17) is 4.74 Å². The van der Waals surface area contributed by atoms with Crippen LogP contribution in [0.1, 0.15) is 15.9 Å². The molecule has 4 heteroatoms. The van der Waals surface area contributed by atoms with E-state index in [-0.39, 0.29) is 17.2 Å². The number of hydrogen-bond acceptors (Lipinski definition) is 3. The summed E-state index contributed by atoms with van der Waals surface area (Å²) >= 11 is 0. The molecule has 0 bridgehead atoms. The van der Waals surface area contributed by atoms with E-state index in [1.165, 1.54) is 0 Å². The Morgan fingerprint density at radius 3 is 2.33 bits per heavy atom. The molecule has 5 rings (SSSR count). The van der Waals surface area contributed by atoms with E-state index in [9.17, 15) is 9.90 Å². The standard InChI is InChI=1S/C29H23NO3/c1-30(29(32)27-16-13-21-9-5-6-10-26(21)28(27)31)24-14-11-23-18-25(15-12-22(23)17-24)33-19-20-7-3-2-4-8-20/h2-18,31H,19H2,1H3. The molecule has 0 heterocycles. The summed E-state index contributed by atoms with van der Waals surface area (Å²) in [6.45, 7) is 0.511. The normalized spacial score (nSPS) is 10.9. The first-order valence-electron chi connectivity index (χ1n) is 10.8. The minimum absolute atomic E-state index is 0.00551. The van der Waals surface area contributed by atoms with Crippen molar-refractivity contribution < 1.29 is 14.6 Å². The number of phenols is 1. The number of nitrogens with zero attached hydrogens (tertiary/aromatic N) is 1. The summed E-state index contributed by atoms with van der Waals surface area (Å²) in [7, 11) is 1.72. The van der Waals surface area contributed by atoms with Crippen LogP contribution in [0.15, 0.2) is 103 Å². The molecule has 0 aliphatic heterocycles. The zero-order valence-corrected chi connectivity index (χ0v) is 18.2. The fourth-order valence-electron chi connectivity index (χ4n) is 3.98. The van der Waals surface area contributed by atoms with Crippen molar-refractivity contribution in [2.75, 3.05) is 11.9 Å². The second-order valence-corrected chi connectivity index (χ2v) is 8.01. The zero-order valence-electron chi connectivity index (χ0n) is 18.2. The Balaban J connectivity index is 1.38. The number of hydrogen-bond donors (Lipinski definition) is 1. The smallest absolute Gasteiger partial charge is 0.261 e. The van der Waals surface area contributed by atoms with Gasteiger partial charge in [-0.05, 0) is 52.1 Å². The highest BCUT2D eigenvalue weighted by Gasteiger charge is 2.19. The van der Waals surface area contributed by atoms with Crippen LogP contribution in [0.3, 0.4) is 0 Å². The van der Waals surface area contributed by atoms with Crippen LogP contribution >= 0.6 is 0 Å². The maximum absolute atomic E-state index is 13.2. The molecule has 0 saturated carbocycles. The van der Waals surface area contributed by atoms with Gasteiger partial charge in [0.05, 0.1) is 5.56 Å². The zero-order chi connectivity index (χ0) is 22.8. The largest absolute Gasteiger partial charge is 0.506 e. The number of rotatable bonds is 5. The van der Waals surface area contributed by atoms with Crippen molar-refractivity contribution in [3.8, 4) is 11.5 Å². The number of fused-ring (bicyclic) bond motifs is 2. The molecule has 0 aromatic heterocycles. The van der Waals surface area contributed by atoms with E-state index in [0.717, 1.165) is 33.2 Å². The Morgan fingerprint density at radius 2 is 1.48 bits per heavy atom. The fourth-order valence-corrected chi connectivity index (χ4v) is 3.98. The van der Waals surface area contributed by atoms with Crippen LogP contribution in [-0.4, -0.2) is 18.1 Å². The van der Waals surface area contributed by atoms with Crippen LogP contribution in [0.5, 0.6) is 11.5 Å². The average molecular weight is 434 g/mol. The molecule has 4 nitrogen and oxygen atoms in total. The molecule has 0 spiro atoms. The lowest BCUT2D eigenvalue weighted by Gasteiger charge is -2.19. The molecule has 0 aliphatic carbocycles. The number of benzene rings is 5. The SMILES string of the molecule is CN(C(=O)c1ccc2ccccc2c1O)c1ccc2cc(OCc3ccccc3)ccc2c1. The first-order valence-corrected chi connectivity index (χ1v) is 10.8. The average Bonchev–Trinajstić information content (AvgIpc) is 2.87. The quantitative estimate of drug-likeness (QED) is 0.342. The maximum atomic E-state index is 13.2. The minimum Gasteiger partial charge on any atom is -0.506 e. The second-order valence-electron chi connectivity index (χ2n) is 8.01. The number of carbonyl (C=O) groups excluding carboxylic acids is 1. The molecule has 162 valence electrons. The molecule has 5 aromatic carbocycles. The summed E-state index contributed by atoms with van der Waals surface area (Å²) in [5.74, 6) is 0.538. The summed E-state index contributed by atoms with van der Waals surface area (Å²) in [5, 5.41) is 14.3. The van der Waals surface area contributed by atoms with Crippen molar-refractivity contribution in [1.29, 1.82) is 0 Å². The fraction of sp³-hybridized carbons (Fsp3) is 0.0690. The van der Waals surface area contributed by atoms with E-state index in [1.807, 2.05) is 97.1 Å². The predicted octanol–water partition coefficient (Wildman–Crippen LogP) is 6.55. The summed E-state index contributed by atoms with van der Waals surface area (Å²) in [6, 6.07) is 32.8. The summed E-state index contributed by atoms with van der Waals surface area (Å²) in [4.78, 5) is 14.7. The van der Waals surface area contributed by atoms with Crippen molar-refractivity contribution in [3.63, 3.8) is 0 Å². The van der Waals surface area contributed by atoms with Gasteiger partial charge in [0.15, 0.2) is 0 Å². The summed E-state index contributed by atoms with van der Waals surface area (Å²) < 4.78 is 5.93. The number of amides is 1. The first-order chi connectivity index (χ1) is 16.1. The van der Waals surface area contributed by atoms with Crippen molar-refractivity contribution in [3.05, 3.63) is 114 Å². The van der Waals surface area contributed by atoms with Gasteiger partial charge in [-0.2, -0.15) is 0 Å². The minimum atomic E-state index is -0.264. The molecule has 0 atom stereocenters. The highest BCUT2D eigenvalue weighted by molar-refractivity contribution is 6.11. The third-order valence-corrected chi connectivity index (χ3v) is 5.87. The van der Waals surface area contributed by atoms with Crippen LogP contribution in [0.4, 0.5) is 5.69 Å². The van der Waals surface area contributed by atoms with Gasteiger partial charge in [0.25, 0.3) is 5.91 Å². The van der Waals surface area contributed by atoms with Gasteiger partial charge in [-0.25, -0.2) is 0 Å². The van der Waals surface area contributed by atoms with Gasteiger partial charge in [-0.1, -0.05) is 72.8 Å². The van der Waals surface area contributed by atoms with Crippen molar-refractivity contribution in [2.24, 2.45) is 0 Å². The maximum Gasteiger partial charge on any atom is 0.261 e. The number of anilines is 1. The van der Waals surface area contributed by atoms with Crippen LogP contribution in [-0.2, 0) is 6.61 Å². The number of ether oxygens (including phenoxy) is 1. The van der Waals surface area contributed by atoms with Crippen LogP contribution in [0.25, 0.3) is 21.5 Å². The van der Waals surface area contributed by atoms with Crippen LogP contribution in [0, 0.1) is 0 Å². The molecular formula is C29H23NO3. The van der Waals surface area contributed by atoms with Crippen LogP contribution < -0.4 is 9.64 Å². The highest BCUT2D eigenvalue weighted by Crippen LogP contribution is 2.31. The topological polar surface area (TPSA) is 49.8 Å². The second kappa shape index (κ2) is 8.67. The monoisotopic (exact) mass is 433 g/mol. The first kappa shape index (κ1) is 20.6. The van der Waals surface area contributed by atoms with Crippen molar-refractivity contribution in [1.82, 2.24) is 0 Å². The van der Waals surface area contributed by atoms with E-state index >= 15 is 0 Å². The van der Waals surface area contributed by atoms with E-state index in [0.29, 0.717) is 12.0 Å². The lowest BCUT2D eigenvalue weighted by Crippen LogP contribution is -2.26. The van der Waals surface area contributed by atoms with Gasteiger partial charge >= 0.3 is 0 Å². The third-order valence-electron chi connectivity index (χ3n) is 5.87. The molecule has 0 unspecified atom stereocenters. The van der Waals surface area contributed by atoms with E-state index < -0.39 is 0 Å². The van der Waals surface area contributed by atoms with Gasteiger partial charge in [-0.15, -0.1) is 0 Å². The molecule has 0 saturated heterocycles. The van der Waals surface area contributed by atoms with Crippen molar-refractivity contribution in [2.45, 2.75) is 6.61 Å². The molecule has 5 aromatic rings. The van der Waals surface area contributed by atoms with E-state index in [2.05, 4.69) is 0 Å². The number of carbonyl (C=O) groups is 1. The lowest BCUT2D eigenvalue weighted by molar-refractivity contribution is 0.0990. The summed E-state index contributed by atoms with van der Waals surface area (Å²) in [5.41, 5.74) is 2.14. The molecule has 33 heavy (non-hydrogen) atoms. The molecule has 0 aliphatic rings. The Morgan fingerprint density at radius 1 is 0.788 bits per heavy atom. The highest BCUT2D eigenvalue weighted by atomic mass is 16.5.